The SMILES string of the molecule is CCCCCCCCCCN(CCO)c1ccccc1.CCCCCCCCCCNc1ccccc1.CCN(CC)CC.OCCBr. The Labute approximate surface area is 307 Å². The second kappa shape index (κ2) is 41.6. The van der Waals surface area contributed by atoms with Gasteiger partial charge in [-0.05, 0) is 56.7 Å². The quantitative estimate of drug-likeness (QED) is 0.0663. The number of benzene rings is 2. The van der Waals surface area contributed by atoms with Crippen LogP contribution in [0.25, 0.3) is 0 Å². The summed E-state index contributed by atoms with van der Waals surface area (Å²) in [7, 11) is 0. The second-order valence-electron chi connectivity index (χ2n) is 12.3. The molecule has 0 radical (unpaired) electrons. The summed E-state index contributed by atoms with van der Waals surface area (Å²) in [6, 6.07) is 20.9. The van der Waals surface area contributed by atoms with Crippen molar-refractivity contribution in [2.45, 2.75) is 137 Å². The van der Waals surface area contributed by atoms with Gasteiger partial charge in [-0.2, -0.15) is 0 Å². The van der Waals surface area contributed by atoms with Crippen molar-refractivity contribution in [3.05, 3.63) is 60.7 Å². The summed E-state index contributed by atoms with van der Waals surface area (Å²) in [5, 5.41) is 21.2. The van der Waals surface area contributed by atoms with E-state index in [-0.39, 0.29) is 13.2 Å². The molecule has 0 amide bonds. The monoisotopic (exact) mass is 736 g/mol. The molecule has 0 spiro atoms. The van der Waals surface area contributed by atoms with Crippen LogP contribution in [0, 0.1) is 0 Å². The van der Waals surface area contributed by atoms with E-state index in [0.29, 0.717) is 5.33 Å². The zero-order valence-electron chi connectivity index (χ0n) is 32.1. The maximum absolute atomic E-state index is 9.18. The maximum Gasteiger partial charge on any atom is 0.0606 e. The van der Waals surface area contributed by atoms with E-state index in [9.17, 15) is 5.11 Å². The summed E-state index contributed by atoms with van der Waals surface area (Å²) >= 11 is 3.00. The van der Waals surface area contributed by atoms with E-state index in [0.717, 1.165) is 19.6 Å². The van der Waals surface area contributed by atoms with Crippen molar-refractivity contribution in [3.8, 4) is 0 Å². The normalized spacial score (nSPS) is 10.3. The van der Waals surface area contributed by atoms with E-state index >= 15 is 0 Å². The Bertz CT molecular complexity index is 817. The van der Waals surface area contributed by atoms with Gasteiger partial charge in [-0.1, -0.05) is 177 Å². The highest BCUT2D eigenvalue weighted by molar-refractivity contribution is 9.09. The minimum atomic E-state index is 0.228. The highest BCUT2D eigenvalue weighted by Gasteiger charge is 2.04. The van der Waals surface area contributed by atoms with Crippen molar-refractivity contribution in [1.29, 1.82) is 0 Å². The van der Waals surface area contributed by atoms with Crippen LogP contribution in [0.5, 0.6) is 0 Å². The first-order valence-corrected chi connectivity index (χ1v) is 20.8. The minimum Gasteiger partial charge on any atom is -0.396 e. The van der Waals surface area contributed by atoms with E-state index in [2.05, 4.69) is 120 Å². The Morgan fingerprint density at radius 1 is 0.521 bits per heavy atom. The molecule has 0 atom stereocenters. The van der Waals surface area contributed by atoms with Gasteiger partial charge in [-0.3, -0.25) is 0 Å². The Morgan fingerprint density at radius 3 is 1.33 bits per heavy atom. The van der Waals surface area contributed by atoms with Crippen LogP contribution in [0.1, 0.15) is 137 Å². The van der Waals surface area contributed by atoms with Gasteiger partial charge in [0.1, 0.15) is 0 Å². The fourth-order valence-electron chi connectivity index (χ4n) is 5.28. The number of nitrogens with one attached hydrogen (secondary N) is 1. The number of unbranched alkanes of at least 4 members (excludes halogenated alkanes) is 14. The molecule has 0 aliphatic heterocycles. The summed E-state index contributed by atoms with van der Waals surface area (Å²) in [4.78, 5) is 4.66. The molecule has 5 nitrogen and oxygen atoms in total. The summed E-state index contributed by atoms with van der Waals surface area (Å²) in [5.74, 6) is 0. The number of rotatable bonds is 26. The number of para-hydroxylation sites is 2. The number of aliphatic hydroxyl groups excluding tert-OH is 2. The predicted molar refractivity (Wildman–Crippen MR) is 220 cm³/mol. The summed E-state index contributed by atoms with van der Waals surface area (Å²) in [5.41, 5.74) is 2.47. The highest BCUT2D eigenvalue weighted by atomic mass is 79.9. The third kappa shape index (κ3) is 34.3. The first-order chi connectivity index (χ1) is 23.6. The third-order valence-electron chi connectivity index (χ3n) is 8.33. The second-order valence-corrected chi connectivity index (χ2v) is 13.1. The molecule has 0 fully saturated rings. The molecule has 280 valence electrons. The van der Waals surface area contributed by atoms with E-state index in [1.54, 1.807) is 0 Å². The minimum absolute atomic E-state index is 0.228. The molecule has 0 saturated carbocycles. The standard InChI is InChI=1S/C18H31NO.C16H27N.C6H15N.C2H5BrO/c1-2-3-4-5-6-7-8-12-15-19(16-17-20)18-13-10-9-11-14-18;1-2-3-4-5-6-7-8-12-15-17-16-13-10-9-11-14-16;1-4-7(5-2)6-3;3-1-2-4/h9-11,13-14,20H,2-8,12,15-17H2,1H3;9-11,13-14,17H,2-8,12,15H2,1H3;4-6H2,1-3H3;4H,1-2H2. The fraction of sp³-hybridized carbons (Fsp3) is 0.714. The first-order valence-electron chi connectivity index (χ1n) is 19.7. The van der Waals surface area contributed by atoms with Gasteiger partial charge in [0.25, 0.3) is 0 Å². The number of aliphatic hydroxyl groups is 2. The first kappa shape index (κ1) is 48.5. The molecule has 0 aromatic heterocycles. The van der Waals surface area contributed by atoms with Gasteiger partial charge >= 0.3 is 0 Å². The Balaban J connectivity index is 0. The van der Waals surface area contributed by atoms with E-state index in [4.69, 9.17) is 5.11 Å². The molecule has 48 heavy (non-hydrogen) atoms. The molecule has 2 aromatic carbocycles. The molecule has 0 aliphatic carbocycles. The maximum atomic E-state index is 9.18. The number of hydrogen-bond acceptors (Lipinski definition) is 5. The van der Waals surface area contributed by atoms with Crippen molar-refractivity contribution in [2.75, 3.05) is 68.0 Å². The van der Waals surface area contributed by atoms with Crippen LogP contribution >= 0.6 is 15.9 Å². The number of alkyl halides is 1. The van der Waals surface area contributed by atoms with Gasteiger partial charge in [0.2, 0.25) is 0 Å². The average Bonchev–Trinajstić information content (AvgIpc) is 3.14. The largest absolute Gasteiger partial charge is 0.396 e. The third-order valence-corrected chi connectivity index (χ3v) is 8.69. The average molecular weight is 737 g/mol. The number of nitrogens with zero attached hydrogens (tertiary/aromatic N) is 2. The van der Waals surface area contributed by atoms with Crippen LogP contribution in [-0.2, 0) is 0 Å². The Morgan fingerprint density at radius 2 is 0.938 bits per heavy atom. The fourth-order valence-corrected chi connectivity index (χ4v) is 5.28. The van der Waals surface area contributed by atoms with E-state index in [1.165, 1.54) is 134 Å². The lowest BCUT2D eigenvalue weighted by atomic mass is 10.1. The van der Waals surface area contributed by atoms with Crippen molar-refractivity contribution in [2.24, 2.45) is 0 Å². The number of halogens is 1. The van der Waals surface area contributed by atoms with Gasteiger partial charge in [-0.15, -0.1) is 0 Å². The van der Waals surface area contributed by atoms with Crippen LogP contribution in [0.4, 0.5) is 11.4 Å². The highest BCUT2D eigenvalue weighted by Crippen LogP contribution is 2.15. The zero-order valence-corrected chi connectivity index (χ0v) is 33.7. The van der Waals surface area contributed by atoms with Gasteiger partial charge in [-0.25, -0.2) is 0 Å². The summed E-state index contributed by atoms with van der Waals surface area (Å²) in [6.07, 6.45) is 21.9. The molecular weight excluding hydrogens is 658 g/mol. The lowest BCUT2D eigenvalue weighted by Gasteiger charge is -2.23. The van der Waals surface area contributed by atoms with Crippen LogP contribution < -0.4 is 10.2 Å². The van der Waals surface area contributed by atoms with Crippen molar-refractivity contribution in [3.63, 3.8) is 0 Å². The molecule has 0 aliphatic rings. The molecule has 0 heterocycles. The molecule has 2 aromatic rings. The molecular formula is C42H78BrN3O2. The zero-order chi connectivity index (χ0) is 35.8. The lowest BCUT2D eigenvalue weighted by Crippen LogP contribution is -2.27. The van der Waals surface area contributed by atoms with E-state index in [1.807, 2.05) is 6.07 Å². The number of hydrogen-bond donors (Lipinski definition) is 3. The lowest BCUT2D eigenvalue weighted by molar-refractivity contribution is 0.301. The van der Waals surface area contributed by atoms with Gasteiger partial charge < -0.3 is 25.3 Å². The predicted octanol–water partition coefficient (Wildman–Crippen LogP) is 11.6. The van der Waals surface area contributed by atoms with E-state index < -0.39 is 0 Å². The van der Waals surface area contributed by atoms with Gasteiger partial charge in [0, 0.05) is 36.3 Å². The van der Waals surface area contributed by atoms with Crippen molar-refractivity contribution in [1.82, 2.24) is 4.90 Å². The molecule has 2 rings (SSSR count). The molecule has 0 bridgehead atoms. The molecule has 0 unspecified atom stereocenters. The summed E-state index contributed by atoms with van der Waals surface area (Å²) in [6.45, 7) is 18.0. The Kier molecular flexibility index (Phi) is 42.0. The molecule has 6 heteroatoms. The Hall–Kier alpha value is -1.60. The summed E-state index contributed by atoms with van der Waals surface area (Å²) < 4.78 is 0. The van der Waals surface area contributed by atoms with Crippen LogP contribution in [-0.4, -0.2) is 72.9 Å². The smallest absolute Gasteiger partial charge is 0.0606 e. The van der Waals surface area contributed by atoms with Gasteiger partial charge in [0.15, 0.2) is 0 Å². The molecule has 0 saturated heterocycles. The van der Waals surface area contributed by atoms with Crippen molar-refractivity contribution >= 4 is 27.3 Å². The van der Waals surface area contributed by atoms with Crippen LogP contribution in [0.2, 0.25) is 0 Å². The van der Waals surface area contributed by atoms with Crippen LogP contribution in [0.3, 0.4) is 0 Å². The van der Waals surface area contributed by atoms with Gasteiger partial charge in [0.05, 0.1) is 13.2 Å². The van der Waals surface area contributed by atoms with Crippen LogP contribution in [0.15, 0.2) is 60.7 Å². The molecule has 3 N–H and O–H groups in total. The number of anilines is 2. The van der Waals surface area contributed by atoms with Crippen molar-refractivity contribution < 1.29 is 10.2 Å². The topological polar surface area (TPSA) is 59.0 Å².